The van der Waals surface area contributed by atoms with E-state index >= 15 is 0 Å². The van der Waals surface area contributed by atoms with Gasteiger partial charge in [-0.2, -0.15) is 23.7 Å². The lowest BCUT2D eigenvalue weighted by molar-refractivity contribution is -0.137. The Kier molecular flexibility index (Phi) is 4.76. The maximum absolute atomic E-state index is 12.5. The topological polar surface area (TPSA) is 115 Å². The maximum atomic E-state index is 12.5. The summed E-state index contributed by atoms with van der Waals surface area (Å²) in [4.78, 5) is 11.5. The average Bonchev–Trinajstić information content (AvgIpc) is 2.43. The van der Waals surface area contributed by atoms with Crippen LogP contribution < -0.4 is 16.4 Å². The molecule has 0 radical (unpaired) electrons. The van der Waals surface area contributed by atoms with Crippen LogP contribution in [0.25, 0.3) is 0 Å². The van der Waals surface area contributed by atoms with Gasteiger partial charge in [0.1, 0.15) is 17.8 Å². The molecule has 0 spiro atoms. The number of nitrogens with zero attached hydrogens (tertiary/aromatic N) is 2. The maximum Gasteiger partial charge on any atom is 0.416 e. The summed E-state index contributed by atoms with van der Waals surface area (Å²) in [7, 11) is 0. The Labute approximate surface area is 117 Å². The van der Waals surface area contributed by atoms with Gasteiger partial charge in [0.05, 0.1) is 5.56 Å². The Morgan fingerprint density at radius 3 is 2.43 bits per heavy atom. The molecule has 108 valence electrons. The van der Waals surface area contributed by atoms with Crippen LogP contribution >= 0.6 is 0 Å². The lowest BCUT2D eigenvalue weighted by Crippen LogP contribution is -2.29. The molecule has 6 nitrogen and oxygen atoms in total. The predicted octanol–water partition coefficient (Wildman–Crippen LogP) is 2.04. The molecule has 0 heterocycles. The molecule has 0 saturated heterocycles. The van der Waals surface area contributed by atoms with Crippen LogP contribution in [0.5, 0.6) is 0 Å². The second-order valence-corrected chi connectivity index (χ2v) is 3.67. The smallest absolute Gasteiger partial charge is 0.388 e. The number of rotatable bonds is 2. The standard InChI is InChI=1S/C12H8F3N5O/c13-12(14,15)7-2-1-3-8(4-7)19-11(21)20-10(6-17)9(18)5-16/h1-4H,18H2,(H2,19,20,21)/b10-9-. The minimum atomic E-state index is -4.54. The van der Waals surface area contributed by atoms with Crippen molar-refractivity contribution in [1.82, 2.24) is 5.32 Å². The molecule has 1 aromatic rings. The highest BCUT2D eigenvalue weighted by atomic mass is 19.4. The number of hydrogen-bond acceptors (Lipinski definition) is 4. The molecule has 0 aromatic heterocycles. The number of benzene rings is 1. The van der Waals surface area contributed by atoms with Crippen molar-refractivity contribution in [1.29, 1.82) is 10.5 Å². The highest BCUT2D eigenvalue weighted by Gasteiger charge is 2.30. The number of carbonyl (C=O) groups excluding carboxylic acids is 1. The number of hydrogen-bond donors (Lipinski definition) is 3. The van der Waals surface area contributed by atoms with Crippen molar-refractivity contribution in [2.24, 2.45) is 5.73 Å². The zero-order chi connectivity index (χ0) is 16.0. The lowest BCUT2D eigenvalue weighted by Gasteiger charge is -2.10. The fraction of sp³-hybridized carbons (Fsp3) is 0.0833. The highest BCUT2D eigenvalue weighted by molar-refractivity contribution is 5.91. The van der Waals surface area contributed by atoms with Crippen LogP contribution in [0, 0.1) is 22.7 Å². The minimum Gasteiger partial charge on any atom is -0.388 e. The van der Waals surface area contributed by atoms with Gasteiger partial charge in [-0.1, -0.05) is 6.07 Å². The molecule has 2 amide bonds. The van der Waals surface area contributed by atoms with Crippen LogP contribution in [0.4, 0.5) is 23.7 Å². The van der Waals surface area contributed by atoms with Gasteiger partial charge in [0.15, 0.2) is 5.70 Å². The van der Waals surface area contributed by atoms with E-state index in [2.05, 4.69) is 5.32 Å². The molecule has 9 heteroatoms. The van der Waals surface area contributed by atoms with Crippen molar-refractivity contribution in [3.8, 4) is 12.1 Å². The molecule has 0 aliphatic heterocycles. The molecule has 1 rings (SSSR count). The third-order valence-corrected chi connectivity index (χ3v) is 2.19. The lowest BCUT2D eigenvalue weighted by atomic mass is 10.2. The molecular formula is C12H8F3N5O. The average molecular weight is 295 g/mol. The first-order valence-electron chi connectivity index (χ1n) is 5.33. The van der Waals surface area contributed by atoms with Crippen molar-refractivity contribution < 1.29 is 18.0 Å². The zero-order valence-electron chi connectivity index (χ0n) is 10.3. The van der Waals surface area contributed by atoms with Crippen molar-refractivity contribution in [3.05, 3.63) is 41.2 Å². The van der Waals surface area contributed by atoms with Crippen LogP contribution in [0.3, 0.4) is 0 Å². The van der Waals surface area contributed by atoms with E-state index in [1.165, 1.54) is 18.2 Å². The summed E-state index contributed by atoms with van der Waals surface area (Å²) in [6.45, 7) is 0. The molecule has 1 aromatic carbocycles. The number of nitriles is 2. The summed E-state index contributed by atoms with van der Waals surface area (Å²) in [5.74, 6) is 0. The largest absolute Gasteiger partial charge is 0.416 e. The number of nitrogens with two attached hydrogens (primary N) is 1. The first-order valence-corrected chi connectivity index (χ1v) is 5.33. The van der Waals surface area contributed by atoms with E-state index < -0.39 is 29.2 Å². The van der Waals surface area contributed by atoms with Crippen LogP contribution in [-0.4, -0.2) is 6.03 Å². The summed E-state index contributed by atoms with van der Waals surface area (Å²) >= 11 is 0. The van der Waals surface area contributed by atoms with Gasteiger partial charge in [-0.25, -0.2) is 4.79 Å². The molecule has 0 bridgehead atoms. The first kappa shape index (κ1) is 15.9. The fourth-order valence-corrected chi connectivity index (χ4v) is 1.26. The second kappa shape index (κ2) is 6.30. The Morgan fingerprint density at radius 2 is 1.90 bits per heavy atom. The molecule has 0 fully saturated rings. The summed E-state index contributed by atoms with van der Waals surface area (Å²) in [6, 6.07) is 5.87. The second-order valence-electron chi connectivity index (χ2n) is 3.67. The van der Waals surface area contributed by atoms with E-state index in [0.29, 0.717) is 0 Å². The van der Waals surface area contributed by atoms with Gasteiger partial charge in [0.2, 0.25) is 0 Å². The first-order chi connectivity index (χ1) is 9.77. The van der Waals surface area contributed by atoms with Crippen molar-refractivity contribution in [3.63, 3.8) is 0 Å². The van der Waals surface area contributed by atoms with Gasteiger partial charge < -0.3 is 11.1 Å². The van der Waals surface area contributed by atoms with E-state index in [1.54, 1.807) is 0 Å². The Morgan fingerprint density at radius 1 is 1.24 bits per heavy atom. The van der Waals surface area contributed by atoms with Gasteiger partial charge in [-0.3, -0.25) is 5.32 Å². The Bertz CT molecular complexity index is 667. The number of amides is 2. The molecule has 0 aliphatic carbocycles. The molecule has 0 aliphatic rings. The summed E-state index contributed by atoms with van der Waals surface area (Å²) in [5, 5.41) is 21.2. The third-order valence-electron chi connectivity index (χ3n) is 2.19. The van der Waals surface area contributed by atoms with Crippen LogP contribution in [-0.2, 0) is 6.18 Å². The van der Waals surface area contributed by atoms with Gasteiger partial charge in [0, 0.05) is 5.69 Å². The van der Waals surface area contributed by atoms with E-state index in [9.17, 15) is 18.0 Å². The summed E-state index contributed by atoms with van der Waals surface area (Å²) < 4.78 is 37.5. The number of anilines is 1. The zero-order valence-corrected chi connectivity index (χ0v) is 10.3. The highest BCUT2D eigenvalue weighted by Crippen LogP contribution is 2.30. The number of carbonyl (C=O) groups is 1. The number of halogens is 3. The van der Waals surface area contributed by atoms with E-state index in [4.69, 9.17) is 16.3 Å². The van der Waals surface area contributed by atoms with Crippen LogP contribution in [0.15, 0.2) is 35.7 Å². The van der Waals surface area contributed by atoms with E-state index in [-0.39, 0.29) is 5.69 Å². The number of urea groups is 1. The third kappa shape index (κ3) is 4.44. The minimum absolute atomic E-state index is 0.129. The quantitative estimate of drug-likeness (QED) is 0.724. The summed E-state index contributed by atoms with van der Waals surface area (Å²) in [5.41, 5.74) is 3.07. The monoisotopic (exact) mass is 295 g/mol. The number of alkyl halides is 3. The van der Waals surface area contributed by atoms with Crippen LogP contribution in [0.1, 0.15) is 5.56 Å². The van der Waals surface area contributed by atoms with Gasteiger partial charge in [-0.05, 0) is 18.2 Å². The molecule has 0 unspecified atom stereocenters. The number of nitrogens with one attached hydrogen (secondary N) is 2. The van der Waals surface area contributed by atoms with Crippen LogP contribution in [0.2, 0.25) is 0 Å². The van der Waals surface area contributed by atoms with Crippen molar-refractivity contribution in [2.45, 2.75) is 6.18 Å². The SMILES string of the molecule is N#C/C(N)=C(\C#N)NC(=O)Nc1cccc(C(F)(F)F)c1. The number of allylic oxidation sites excluding steroid dienone is 2. The normalized spacial score (nSPS) is 11.7. The van der Waals surface area contributed by atoms with E-state index in [0.717, 1.165) is 18.2 Å². The van der Waals surface area contributed by atoms with Crippen molar-refractivity contribution in [2.75, 3.05) is 5.32 Å². The van der Waals surface area contributed by atoms with Gasteiger partial charge in [-0.15, -0.1) is 0 Å². The fourth-order valence-electron chi connectivity index (χ4n) is 1.26. The molecule has 4 N–H and O–H groups in total. The van der Waals surface area contributed by atoms with Crippen molar-refractivity contribution >= 4 is 11.7 Å². The summed E-state index contributed by atoms with van der Waals surface area (Å²) in [6.07, 6.45) is -4.54. The van der Waals surface area contributed by atoms with Gasteiger partial charge >= 0.3 is 12.2 Å². The predicted molar refractivity (Wildman–Crippen MR) is 66.0 cm³/mol. The molecule has 0 atom stereocenters. The molecule has 21 heavy (non-hydrogen) atoms. The molecular weight excluding hydrogens is 287 g/mol. The van der Waals surface area contributed by atoms with Gasteiger partial charge in [0.25, 0.3) is 0 Å². The Hall–Kier alpha value is -3.20. The Balaban J connectivity index is 2.87. The van der Waals surface area contributed by atoms with E-state index in [1.807, 2.05) is 5.32 Å². The molecule has 0 saturated carbocycles.